The molecule has 3 unspecified atom stereocenters. The van der Waals surface area contributed by atoms with Gasteiger partial charge in [-0.2, -0.15) is 0 Å². The van der Waals surface area contributed by atoms with E-state index in [-0.39, 0.29) is 5.82 Å². The number of nitrogens with one attached hydrogen (secondary N) is 1. The van der Waals surface area contributed by atoms with E-state index in [1.807, 2.05) is 0 Å². The van der Waals surface area contributed by atoms with Crippen molar-refractivity contribution in [2.75, 3.05) is 32.1 Å². The van der Waals surface area contributed by atoms with Crippen molar-refractivity contribution in [3.8, 4) is 5.75 Å². The molecule has 3 atom stereocenters. The molecule has 2 heterocycles. The van der Waals surface area contributed by atoms with Gasteiger partial charge in [0.05, 0.1) is 12.8 Å². The molecular formula is C14H19FN2O. The van der Waals surface area contributed by atoms with Crippen LogP contribution in [0.5, 0.6) is 5.75 Å². The van der Waals surface area contributed by atoms with Gasteiger partial charge < -0.3 is 15.0 Å². The average Bonchev–Trinajstić information content (AvgIpc) is 2.77. The molecule has 0 saturated carbocycles. The number of halogens is 1. The van der Waals surface area contributed by atoms with Crippen molar-refractivity contribution in [3.63, 3.8) is 0 Å². The largest absolute Gasteiger partial charge is 0.494 e. The van der Waals surface area contributed by atoms with E-state index in [0.29, 0.717) is 17.7 Å². The van der Waals surface area contributed by atoms with Gasteiger partial charge in [-0.25, -0.2) is 4.39 Å². The monoisotopic (exact) mass is 250 g/mol. The van der Waals surface area contributed by atoms with Crippen LogP contribution in [0.1, 0.15) is 12.8 Å². The maximum Gasteiger partial charge on any atom is 0.144 e. The molecule has 1 N–H and O–H groups in total. The molecule has 2 aliphatic rings. The quantitative estimate of drug-likeness (QED) is 0.891. The zero-order valence-corrected chi connectivity index (χ0v) is 10.7. The van der Waals surface area contributed by atoms with Crippen molar-refractivity contribution in [3.05, 3.63) is 24.0 Å². The second kappa shape index (κ2) is 4.76. The number of anilines is 1. The molecule has 18 heavy (non-hydrogen) atoms. The van der Waals surface area contributed by atoms with E-state index in [0.717, 1.165) is 18.7 Å². The molecule has 0 aliphatic carbocycles. The summed E-state index contributed by atoms with van der Waals surface area (Å²) in [7, 11) is 1.58. The first-order valence-corrected chi connectivity index (χ1v) is 6.58. The highest BCUT2D eigenvalue weighted by atomic mass is 19.1. The third-order valence-electron chi connectivity index (χ3n) is 4.14. The summed E-state index contributed by atoms with van der Waals surface area (Å²) in [6.07, 6.45) is 2.42. The molecule has 0 radical (unpaired) electrons. The van der Waals surface area contributed by atoms with Crippen molar-refractivity contribution >= 4 is 5.69 Å². The molecule has 3 rings (SSSR count). The van der Waals surface area contributed by atoms with Gasteiger partial charge in [-0.15, -0.1) is 0 Å². The van der Waals surface area contributed by atoms with Crippen LogP contribution in [0.25, 0.3) is 0 Å². The van der Waals surface area contributed by atoms with Gasteiger partial charge in [0.2, 0.25) is 0 Å². The number of nitrogens with zero attached hydrogens (tertiary/aromatic N) is 1. The number of hydrogen-bond acceptors (Lipinski definition) is 3. The summed E-state index contributed by atoms with van der Waals surface area (Å²) in [5, 5.41) is 3.54. The van der Waals surface area contributed by atoms with Crippen molar-refractivity contribution in [1.29, 1.82) is 0 Å². The van der Waals surface area contributed by atoms with E-state index in [9.17, 15) is 4.39 Å². The Morgan fingerprint density at radius 2 is 2.17 bits per heavy atom. The van der Waals surface area contributed by atoms with Crippen LogP contribution in [-0.2, 0) is 0 Å². The molecule has 1 aromatic carbocycles. The lowest BCUT2D eigenvalue weighted by molar-refractivity contribution is 0.254. The third kappa shape index (κ3) is 2.17. The Kier molecular flexibility index (Phi) is 3.12. The molecule has 1 aromatic rings. The predicted octanol–water partition coefficient (Wildman–Crippen LogP) is 2.34. The molecule has 3 nitrogen and oxygen atoms in total. The zero-order valence-electron chi connectivity index (χ0n) is 10.7. The van der Waals surface area contributed by atoms with Gasteiger partial charge in [0.1, 0.15) is 11.6 Å². The van der Waals surface area contributed by atoms with Gasteiger partial charge in [-0.1, -0.05) is 0 Å². The average molecular weight is 250 g/mol. The summed E-state index contributed by atoms with van der Waals surface area (Å²) in [6, 6.07) is 5.18. The second-order valence-electron chi connectivity index (χ2n) is 5.23. The third-order valence-corrected chi connectivity index (χ3v) is 4.14. The molecule has 2 bridgehead atoms. The Morgan fingerprint density at radius 3 is 3.00 bits per heavy atom. The van der Waals surface area contributed by atoms with E-state index in [2.05, 4.69) is 10.2 Å². The number of benzene rings is 1. The summed E-state index contributed by atoms with van der Waals surface area (Å²) >= 11 is 0. The molecular weight excluding hydrogens is 231 g/mol. The van der Waals surface area contributed by atoms with Gasteiger partial charge in [0.15, 0.2) is 0 Å². The summed E-state index contributed by atoms with van der Waals surface area (Å²) < 4.78 is 18.4. The number of hydrogen-bond donors (Lipinski definition) is 1. The number of methoxy groups -OCH3 is 1. The van der Waals surface area contributed by atoms with Crippen molar-refractivity contribution in [2.24, 2.45) is 5.92 Å². The van der Waals surface area contributed by atoms with Crippen LogP contribution in [0, 0.1) is 11.7 Å². The smallest absolute Gasteiger partial charge is 0.144 e. The number of piperidine rings is 1. The molecule has 0 spiro atoms. The SMILES string of the molecule is COc1cc(F)ccc1NC1CCN2CCC1C2. The van der Waals surface area contributed by atoms with E-state index in [4.69, 9.17) is 4.74 Å². The lowest BCUT2D eigenvalue weighted by atomic mass is 9.94. The molecule has 2 fully saturated rings. The van der Waals surface area contributed by atoms with E-state index in [1.165, 1.54) is 31.6 Å². The molecule has 0 aromatic heterocycles. The Morgan fingerprint density at radius 1 is 1.33 bits per heavy atom. The number of fused-ring (bicyclic) bond motifs is 2. The molecule has 2 saturated heterocycles. The normalized spacial score (nSPS) is 30.2. The number of rotatable bonds is 3. The minimum absolute atomic E-state index is 0.256. The van der Waals surface area contributed by atoms with Gasteiger partial charge >= 0.3 is 0 Å². The maximum atomic E-state index is 13.1. The Hall–Kier alpha value is -1.29. The van der Waals surface area contributed by atoms with Crippen LogP contribution >= 0.6 is 0 Å². The fourth-order valence-electron chi connectivity index (χ4n) is 3.13. The summed E-state index contributed by atoms with van der Waals surface area (Å²) in [5.41, 5.74) is 0.907. The maximum absolute atomic E-state index is 13.1. The van der Waals surface area contributed by atoms with Gasteiger partial charge in [-0.05, 0) is 37.4 Å². The fourth-order valence-corrected chi connectivity index (χ4v) is 3.13. The fraction of sp³-hybridized carbons (Fsp3) is 0.571. The van der Waals surface area contributed by atoms with E-state index in [1.54, 1.807) is 13.2 Å². The number of ether oxygens (including phenoxy) is 1. The highest BCUT2D eigenvalue weighted by Gasteiger charge is 2.34. The first kappa shape index (κ1) is 11.8. The van der Waals surface area contributed by atoms with E-state index < -0.39 is 0 Å². The van der Waals surface area contributed by atoms with Crippen LogP contribution in [0.3, 0.4) is 0 Å². The Bertz CT molecular complexity index is 438. The Labute approximate surface area is 107 Å². The highest BCUT2D eigenvalue weighted by molar-refractivity contribution is 5.57. The summed E-state index contributed by atoms with van der Waals surface area (Å²) in [5.74, 6) is 1.05. The molecule has 98 valence electrons. The van der Waals surface area contributed by atoms with Crippen molar-refractivity contribution < 1.29 is 9.13 Å². The highest BCUT2D eigenvalue weighted by Crippen LogP contribution is 2.32. The second-order valence-corrected chi connectivity index (χ2v) is 5.23. The van der Waals surface area contributed by atoms with Crippen LogP contribution in [-0.4, -0.2) is 37.7 Å². The zero-order chi connectivity index (χ0) is 12.5. The van der Waals surface area contributed by atoms with E-state index >= 15 is 0 Å². The standard InChI is InChI=1S/C14H19FN2O/c1-18-14-8-11(15)2-3-13(14)16-12-5-7-17-6-4-10(12)9-17/h2-3,8,10,12,16H,4-7,9H2,1H3. The van der Waals surface area contributed by atoms with Crippen LogP contribution in [0.2, 0.25) is 0 Å². The summed E-state index contributed by atoms with van der Waals surface area (Å²) in [4.78, 5) is 2.52. The lowest BCUT2D eigenvalue weighted by Crippen LogP contribution is -2.39. The predicted molar refractivity (Wildman–Crippen MR) is 69.5 cm³/mol. The molecule has 2 aliphatic heterocycles. The van der Waals surface area contributed by atoms with Crippen LogP contribution < -0.4 is 10.1 Å². The molecule has 0 amide bonds. The lowest BCUT2D eigenvalue weighted by Gasteiger charge is -2.32. The summed E-state index contributed by atoms with van der Waals surface area (Å²) in [6.45, 7) is 3.59. The topological polar surface area (TPSA) is 24.5 Å². The minimum atomic E-state index is -0.256. The van der Waals surface area contributed by atoms with Crippen LogP contribution in [0.15, 0.2) is 18.2 Å². The first-order chi connectivity index (χ1) is 8.76. The Balaban J connectivity index is 1.75. The minimum Gasteiger partial charge on any atom is -0.494 e. The van der Waals surface area contributed by atoms with Gasteiger partial charge in [-0.3, -0.25) is 0 Å². The van der Waals surface area contributed by atoms with Gasteiger partial charge in [0.25, 0.3) is 0 Å². The first-order valence-electron chi connectivity index (χ1n) is 6.58. The molecule has 4 heteroatoms. The van der Waals surface area contributed by atoms with Crippen molar-refractivity contribution in [2.45, 2.75) is 18.9 Å². The van der Waals surface area contributed by atoms with Crippen molar-refractivity contribution in [1.82, 2.24) is 4.90 Å². The van der Waals surface area contributed by atoms with Gasteiger partial charge in [0, 0.05) is 25.2 Å². The van der Waals surface area contributed by atoms with Crippen LogP contribution in [0.4, 0.5) is 10.1 Å².